The molecule has 4 heteroatoms. The second-order valence-electron chi connectivity index (χ2n) is 2.56. The lowest BCUT2D eigenvalue weighted by molar-refractivity contribution is 0.832. The molecular formula is C8H12ClN3. The van der Waals surface area contributed by atoms with E-state index in [9.17, 15) is 0 Å². The summed E-state index contributed by atoms with van der Waals surface area (Å²) in [7, 11) is 0. The number of pyridine rings is 1. The zero-order chi connectivity index (χ0) is 8.97. The van der Waals surface area contributed by atoms with Crippen LogP contribution in [0, 0.1) is 0 Å². The smallest absolute Gasteiger partial charge is 0.142 e. The Morgan fingerprint density at radius 2 is 2.25 bits per heavy atom. The summed E-state index contributed by atoms with van der Waals surface area (Å²) in [5, 5.41) is 0.561. The highest BCUT2D eigenvalue weighted by Gasteiger charge is 2.02. The summed E-state index contributed by atoms with van der Waals surface area (Å²) in [5.41, 5.74) is 11.9. The van der Waals surface area contributed by atoms with Crippen LogP contribution in [0.5, 0.6) is 0 Å². The maximum Gasteiger partial charge on any atom is 0.142 e. The normalized spacial score (nSPS) is 10.2. The molecule has 12 heavy (non-hydrogen) atoms. The Balaban J connectivity index is 2.78. The van der Waals surface area contributed by atoms with E-state index in [-0.39, 0.29) is 0 Å². The second kappa shape index (κ2) is 4.28. The number of anilines is 1. The van der Waals surface area contributed by atoms with E-state index >= 15 is 0 Å². The highest BCUT2D eigenvalue weighted by atomic mass is 35.5. The lowest BCUT2D eigenvalue weighted by atomic mass is 10.1. The maximum atomic E-state index is 5.90. The third kappa shape index (κ3) is 2.09. The van der Waals surface area contributed by atoms with Crippen LogP contribution in [0.4, 0.5) is 5.82 Å². The summed E-state index contributed by atoms with van der Waals surface area (Å²) in [4.78, 5) is 3.86. The Hall–Kier alpha value is -0.800. The monoisotopic (exact) mass is 185 g/mol. The van der Waals surface area contributed by atoms with Crippen molar-refractivity contribution in [2.75, 3.05) is 12.3 Å². The van der Waals surface area contributed by atoms with Crippen LogP contribution >= 0.6 is 11.6 Å². The van der Waals surface area contributed by atoms with Crippen LogP contribution in [-0.4, -0.2) is 11.5 Å². The van der Waals surface area contributed by atoms with Gasteiger partial charge in [-0.15, -0.1) is 0 Å². The molecule has 1 heterocycles. The van der Waals surface area contributed by atoms with Crippen molar-refractivity contribution in [3.05, 3.63) is 22.8 Å². The number of nitrogens with zero attached hydrogens (tertiary/aromatic N) is 1. The zero-order valence-corrected chi connectivity index (χ0v) is 7.51. The molecule has 0 spiro atoms. The first-order chi connectivity index (χ1) is 5.75. The Bertz CT molecular complexity index is 262. The van der Waals surface area contributed by atoms with Gasteiger partial charge in [-0.3, -0.25) is 0 Å². The standard InChI is InChI=1S/C8H12ClN3/c9-7-6(2-1-4-10)3-5-12-8(7)11/h3,5H,1-2,4,10H2,(H2,11,12). The Labute approximate surface area is 76.7 Å². The van der Waals surface area contributed by atoms with Gasteiger partial charge in [-0.25, -0.2) is 4.98 Å². The van der Waals surface area contributed by atoms with Gasteiger partial charge in [-0.1, -0.05) is 11.6 Å². The van der Waals surface area contributed by atoms with E-state index in [0.29, 0.717) is 17.4 Å². The number of nitrogen functional groups attached to an aromatic ring is 1. The van der Waals surface area contributed by atoms with Crippen LogP contribution in [-0.2, 0) is 6.42 Å². The Kier molecular flexibility index (Phi) is 3.31. The predicted molar refractivity (Wildman–Crippen MR) is 51.0 cm³/mol. The SMILES string of the molecule is NCCCc1ccnc(N)c1Cl. The fourth-order valence-corrected chi connectivity index (χ4v) is 1.19. The molecule has 0 aliphatic carbocycles. The number of hydrogen-bond donors (Lipinski definition) is 2. The van der Waals surface area contributed by atoms with E-state index in [2.05, 4.69) is 4.98 Å². The average molecular weight is 186 g/mol. The molecule has 4 N–H and O–H groups in total. The topological polar surface area (TPSA) is 64.9 Å². The molecule has 66 valence electrons. The fourth-order valence-electron chi connectivity index (χ4n) is 0.987. The third-order valence-electron chi connectivity index (χ3n) is 1.65. The number of hydrogen-bond acceptors (Lipinski definition) is 3. The minimum atomic E-state index is 0.395. The van der Waals surface area contributed by atoms with Crippen LogP contribution in [0.25, 0.3) is 0 Å². The summed E-state index contributed by atoms with van der Waals surface area (Å²) in [6, 6.07) is 1.87. The van der Waals surface area contributed by atoms with Crippen molar-refractivity contribution in [3.8, 4) is 0 Å². The summed E-state index contributed by atoms with van der Waals surface area (Å²) in [6.07, 6.45) is 3.44. The van der Waals surface area contributed by atoms with Gasteiger partial charge in [0.25, 0.3) is 0 Å². The number of aryl methyl sites for hydroxylation is 1. The molecule has 0 radical (unpaired) electrons. The second-order valence-corrected chi connectivity index (χ2v) is 2.94. The number of nitrogens with two attached hydrogens (primary N) is 2. The summed E-state index contributed by atoms with van der Waals surface area (Å²) >= 11 is 5.90. The molecular weight excluding hydrogens is 174 g/mol. The molecule has 0 aliphatic rings. The molecule has 0 aliphatic heterocycles. The van der Waals surface area contributed by atoms with Gasteiger partial charge in [0.05, 0.1) is 5.02 Å². The van der Waals surface area contributed by atoms with Crippen LogP contribution < -0.4 is 11.5 Å². The van der Waals surface area contributed by atoms with Crippen LogP contribution in [0.15, 0.2) is 12.3 Å². The first kappa shape index (κ1) is 9.29. The van der Waals surface area contributed by atoms with Crippen molar-refractivity contribution in [1.29, 1.82) is 0 Å². The molecule has 0 bridgehead atoms. The average Bonchev–Trinajstić information content (AvgIpc) is 2.08. The molecule has 1 aromatic heterocycles. The van der Waals surface area contributed by atoms with Crippen LogP contribution in [0.3, 0.4) is 0 Å². The molecule has 1 rings (SSSR count). The molecule has 0 saturated carbocycles. The molecule has 0 unspecified atom stereocenters. The van der Waals surface area contributed by atoms with E-state index in [4.69, 9.17) is 23.1 Å². The van der Waals surface area contributed by atoms with Gasteiger partial charge in [0.15, 0.2) is 0 Å². The highest BCUT2D eigenvalue weighted by Crippen LogP contribution is 2.21. The van der Waals surface area contributed by atoms with Gasteiger partial charge in [0.1, 0.15) is 5.82 Å². The molecule has 0 saturated heterocycles. The van der Waals surface area contributed by atoms with E-state index < -0.39 is 0 Å². The lowest BCUT2D eigenvalue weighted by Gasteiger charge is -2.03. The highest BCUT2D eigenvalue weighted by molar-refractivity contribution is 6.33. The lowest BCUT2D eigenvalue weighted by Crippen LogP contribution is -2.02. The van der Waals surface area contributed by atoms with E-state index in [1.807, 2.05) is 6.07 Å². The largest absolute Gasteiger partial charge is 0.382 e. The predicted octanol–water partition coefficient (Wildman–Crippen LogP) is 1.21. The van der Waals surface area contributed by atoms with Gasteiger partial charge < -0.3 is 11.5 Å². The number of rotatable bonds is 3. The van der Waals surface area contributed by atoms with Crippen molar-refractivity contribution in [3.63, 3.8) is 0 Å². The van der Waals surface area contributed by atoms with Crippen LogP contribution in [0.1, 0.15) is 12.0 Å². The first-order valence-corrected chi connectivity index (χ1v) is 4.22. The van der Waals surface area contributed by atoms with Crippen molar-refractivity contribution in [1.82, 2.24) is 4.98 Å². The first-order valence-electron chi connectivity index (χ1n) is 3.84. The van der Waals surface area contributed by atoms with E-state index in [0.717, 1.165) is 18.4 Å². The van der Waals surface area contributed by atoms with Crippen molar-refractivity contribution < 1.29 is 0 Å². The third-order valence-corrected chi connectivity index (χ3v) is 2.08. The van der Waals surface area contributed by atoms with Crippen molar-refractivity contribution in [2.24, 2.45) is 5.73 Å². The quantitative estimate of drug-likeness (QED) is 0.744. The van der Waals surface area contributed by atoms with E-state index in [1.54, 1.807) is 6.20 Å². The summed E-state index contributed by atoms with van der Waals surface area (Å²) < 4.78 is 0. The molecule has 1 aromatic rings. The zero-order valence-electron chi connectivity index (χ0n) is 6.76. The van der Waals surface area contributed by atoms with Gasteiger partial charge in [-0.2, -0.15) is 0 Å². The molecule has 3 nitrogen and oxygen atoms in total. The molecule has 0 aromatic carbocycles. The molecule has 0 amide bonds. The van der Waals surface area contributed by atoms with Gasteiger partial charge >= 0.3 is 0 Å². The molecule has 0 fully saturated rings. The minimum absolute atomic E-state index is 0.395. The maximum absolute atomic E-state index is 5.90. The van der Waals surface area contributed by atoms with Gasteiger partial charge in [0.2, 0.25) is 0 Å². The number of aromatic nitrogens is 1. The van der Waals surface area contributed by atoms with Crippen molar-refractivity contribution in [2.45, 2.75) is 12.8 Å². The Morgan fingerprint density at radius 3 is 2.92 bits per heavy atom. The van der Waals surface area contributed by atoms with Gasteiger partial charge in [-0.05, 0) is 31.0 Å². The van der Waals surface area contributed by atoms with Crippen molar-refractivity contribution >= 4 is 17.4 Å². The van der Waals surface area contributed by atoms with Crippen LogP contribution in [0.2, 0.25) is 5.02 Å². The van der Waals surface area contributed by atoms with E-state index in [1.165, 1.54) is 0 Å². The summed E-state index contributed by atoms with van der Waals surface area (Å²) in [6.45, 7) is 0.665. The van der Waals surface area contributed by atoms with Gasteiger partial charge in [0, 0.05) is 6.20 Å². The summed E-state index contributed by atoms with van der Waals surface area (Å²) in [5.74, 6) is 0.395. The Morgan fingerprint density at radius 1 is 1.50 bits per heavy atom. The fraction of sp³-hybridized carbons (Fsp3) is 0.375. The molecule has 0 atom stereocenters. The number of halogens is 1. The minimum Gasteiger partial charge on any atom is -0.382 e.